The molecule has 2 amide bonds. The van der Waals surface area contributed by atoms with Crippen LogP contribution in [-0.2, 0) is 14.3 Å². The molecule has 28 heavy (non-hydrogen) atoms. The summed E-state index contributed by atoms with van der Waals surface area (Å²) in [4.78, 5) is 37.0. The smallest absolute Gasteiger partial charge is 0.329 e. The molecule has 0 saturated carbocycles. The summed E-state index contributed by atoms with van der Waals surface area (Å²) in [5.41, 5.74) is 1.36. The number of aryl methyl sites for hydroxylation is 1. The lowest BCUT2D eigenvalue weighted by Gasteiger charge is -2.22. The Balaban J connectivity index is 2.00. The molecule has 0 aliphatic carbocycles. The molecular weight excluding hydrogens is 384 g/mol. The molecule has 1 aromatic carbocycles. The Morgan fingerprint density at radius 2 is 1.86 bits per heavy atom. The zero-order chi connectivity index (χ0) is 20.8. The molecule has 0 fully saturated rings. The van der Waals surface area contributed by atoms with Crippen molar-refractivity contribution in [1.29, 1.82) is 0 Å². The lowest BCUT2D eigenvalue weighted by atomic mass is 10.0. The van der Waals surface area contributed by atoms with Gasteiger partial charge in [0.25, 0.3) is 11.8 Å². The highest BCUT2D eigenvalue weighted by Gasteiger charge is 2.30. The largest absolute Gasteiger partial charge is 0.459 e. The van der Waals surface area contributed by atoms with Crippen molar-refractivity contribution in [2.24, 2.45) is 5.92 Å². The number of hydrogen-bond acceptors (Lipinski definition) is 5. The first kappa shape index (κ1) is 21.5. The molecule has 0 radical (unpaired) electrons. The first-order valence-electron chi connectivity index (χ1n) is 8.81. The van der Waals surface area contributed by atoms with Crippen molar-refractivity contribution in [1.82, 2.24) is 5.32 Å². The Morgan fingerprint density at radius 3 is 2.46 bits per heavy atom. The fraction of sp³-hybridized carbons (Fsp3) is 0.350. The molecule has 2 rings (SSSR count). The number of carbonyl (C=O) groups excluding carboxylic acids is 3. The van der Waals surface area contributed by atoms with Crippen molar-refractivity contribution in [2.45, 2.75) is 39.8 Å². The molecule has 0 spiro atoms. The average molecular weight is 407 g/mol. The summed E-state index contributed by atoms with van der Waals surface area (Å²) in [5.74, 6) is -1.91. The normalized spacial score (nSPS) is 12.9. The minimum absolute atomic E-state index is 0.0840. The third-order valence-electron chi connectivity index (χ3n) is 4.07. The molecule has 0 unspecified atom stereocenters. The zero-order valence-electron chi connectivity index (χ0n) is 16.1. The van der Waals surface area contributed by atoms with E-state index in [-0.39, 0.29) is 11.7 Å². The highest BCUT2D eigenvalue weighted by molar-refractivity contribution is 6.31. The number of halogens is 1. The van der Waals surface area contributed by atoms with Crippen LogP contribution in [0.25, 0.3) is 0 Å². The molecule has 0 bridgehead atoms. The van der Waals surface area contributed by atoms with Gasteiger partial charge < -0.3 is 19.8 Å². The average Bonchev–Trinajstić information content (AvgIpc) is 3.16. The standard InChI is InChI=1S/C20H23ClN2O5/c1-11(2)17(23-19(25)16-6-5-9-27-16)20(26)28-13(4)18(24)22-15-10-14(21)8-7-12(15)3/h5-11,13,17H,1-4H3,(H,22,24)(H,23,25)/t13-,17-/m0/s1. The maximum Gasteiger partial charge on any atom is 0.329 e. The third kappa shape index (κ3) is 5.60. The fourth-order valence-electron chi connectivity index (χ4n) is 2.38. The van der Waals surface area contributed by atoms with Crippen LogP contribution in [0.5, 0.6) is 0 Å². The first-order chi connectivity index (χ1) is 13.2. The fourth-order valence-corrected chi connectivity index (χ4v) is 2.55. The van der Waals surface area contributed by atoms with E-state index in [2.05, 4.69) is 10.6 Å². The number of furan rings is 1. The second kappa shape index (κ2) is 9.41. The lowest BCUT2D eigenvalue weighted by Crippen LogP contribution is -2.47. The number of amides is 2. The second-order valence-corrected chi connectivity index (χ2v) is 7.14. The van der Waals surface area contributed by atoms with Crippen molar-refractivity contribution in [2.75, 3.05) is 5.32 Å². The maximum absolute atomic E-state index is 12.5. The third-order valence-corrected chi connectivity index (χ3v) is 4.31. The number of anilines is 1. The molecule has 2 atom stereocenters. The first-order valence-corrected chi connectivity index (χ1v) is 9.18. The Kier molecular flexibility index (Phi) is 7.23. The van der Waals surface area contributed by atoms with E-state index in [1.165, 1.54) is 19.3 Å². The van der Waals surface area contributed by atoms with Crippen LogP contribution in [0.4, 0.5) is 5.69 Å². The molecule has 0 saturated heterocycles. The monoisotopic (exact) mass is 406 g/mol. The van der Waals surface area contributed by atoms with E-state index in [0.717, 1.165) is 5.56 Å². The van der Waals surface area contributed by atoms with E-state index >= 15 is 0 Å². The quantitative estimate of drug-likeness (QED) is 0.685. The molecule has 0 aliphatic heterocycles. The molecule has 0 aliphatic rings. The van der Waals surface area contributed by atoms with Gasteiger partial charge in [0.1, 0.15) is 6.04 Å². The van der Waals surface area contributed by atoms with Gasteiger partial charge in [-0.3, -0.25) is 9.59 Å². The van der Waals surface area contributed by atoms with Gasteiger partial charge in [-0.05, 0) is 49.6 Å². The van der Waals surface area contributed by atoms with E-state index in [9.17, 15) is 14.4 Å². The van der Waals surface area contributed by atoms with Gasteiger partial charge in [0.2, 0.25) is 0 Å². The van der Waals surface area contributed by atoms with Crippen molar-refractivity contribution in [3.63, 3.8) is 0 Å². The Hall–Kier alpha value is -2.80. The Bertz CT molecular complexity index is 848. The predicted octanol–water partition coefficient (Wildman–Crippen LogP) is 3.57. The number of hydrogen-bond donors (Lipinski definition) is 2. The van der Waals surface area contributed by atoms with Crippen molar-refractivity contribution >= 4 is 35.1 Å². The predicted molar refractivity (Wildman–Crippen MR) is 105 cm³/mol. The highest BCUT2D eigenvalue weighted by Crippen LogP contribution is 2.20. The van der Waals surface area contributed by atoms with Gasteiger partial charge in [-0.25, -0.2) is 4.79 Å². The van der Waals surface area contributed by atoms with Gasteiger partial charge in [-0.1, -0.05) is 31.5 Å². The zero-order valence-corrected chi connectivity index (χ0v) is 16.9. The second-order valence-electron chi connectivity index (χ2n) is 6.70. The topological polar surface area (TPSA) is 97.6 Å². The Morgan fingerprint density at radius 1 is 1.14 bits per heavy atom. The van der Waals surface area contributed by atoms with Crippen LogP contribution in [0, 0.1) is 12.8 Å². The van der Waals surface area contributed by atoms with Crippen LogP contribution in [0.15, 0.2) is 41.0 Å². The summed E-state index contributed by atoms with van der Waals surface area (Å²) < 4.78 is 10.3. The Labute approximate surface area is 168 Å². The van der Waals surface area contributed by atoms with Gasteiger partial charge in [0, 0.05) is 10.7 Å². The molecule has 2 N–H and O–H groups in total. The summed E-state index contributed by atoms with van der Waals surface area (Å²) in [5, 5.41) is 5.74. The summed E-state index contributed by atoms with van der Waals surface area (Å²) in [6, 6.07) is 7.23. The van der Waals surface area contributed by atoms with Gasteiger partial charge in [-0.15, -0.1) is 0 Å². The van der Waals surface area contributed by atoms with E-state index in [0.29, 0.717) is 10.7 Å². The number of nitrogens with one attached hydrogen (secondary N) is 2. The van der Waals surface area contributed by atoms with Gasteiger partial charge >= 0.3 is 5.97 Å². The number of rotatable bonds is 7. The van der Waals surface area contributed by atoms with Crippen molar-refractivity contribution in [3.8, 4) is 0 Å². The van der Waals surface area contributed by atoms with Crippen LogP contribution in [0.1, 0.15) is 36.9 Å². The number of esters is 1. The van der Waals surface area contributed by atoms with E-state index in [4.69, 9.17) is 20.8 Å². The van der Waals surface area contributed by atoms with Gasteiger partial charge in [-0.2, -0.15) is 0 Å². The molecular formula is C20H23ClN2O5. The van der Waals surface area contributed by atoms with E-state index in [1.54, 1.807) is 38.1 Å². The maximum atomic E-state index is 12.5. The van der Waals surface area contributed by atoms with Crippen LogP contribution in [-0.4, -0.2) is 29.9 Å². The minimum Gasteiger partial charge on any atom is -0.459 e. The van der Waals surface area contributed by atoms with Gasteiger partial charge in [0.05, 0.1) is 6.26 Å². The van der Waals surface area contributed by atoms with E-state index < -0.39 is 29.9 Å². The molecule has 8 heteroatoms. The van der Waals surface area contributed by atoms with Crippen LogP contribution in [0.3, 0.4) is 0 Å². The molecule has 1 heterocycles. The number of ether oxygens (including phenoxy) is 1. The molecule has 2 aromatic rings. The molecule has 1 aromatic heterocycles. The van der Waals surface area contributed by atoms with E-state index in [1.807, 2.05) is 6.92 Å². The van der Waals surface area contributed by atoms with Gasteiger partial charge in [0.15, 0.2) is 11.9 Å². The van der Waals surface area contributed by atoms with Crippen molar-refractivity contribution < 1.29 is 23.5 Å². The number of benzene rings is 1. The summed E-state index contributed by atoms with van der Waals surface area (Å²) in [6.07, 6.45) is 0.301. The summed E-state index contributed by atoms with van der Waals surface area (Å²) in [6.45, 7) is 6.79. The van der Waals surface area contributed by atoms with Crippen LogP contribution < -0.4 is 10.6 Å². The SMILES string of the molecule is Cc1ccc(Cl)cc1NC(=O)[C@H](C)OC(=O)[C@@H](NC(=O)c1ccco1)C(C)C. The molecule has 150 valence electrons. The summed E-state index contributed by atoms with van der Waals surface area (Å²) >= 11 is 5.95. The van der Waals surface area contributed by atoms with Crippen LogP contribution in [0.2, 0.25) is 5.02 Å². The van der Waals surface area contributed by atoms with Crippen molar-refractivity contribution in [3.05, 3.63) is 52.9 Å². The lowest BCUT2D eigenvalue weighted by molar-refractivity contribution is -0.156. The number of carbonyl (C=O) groups is 3. The van der Waals surface area contributed by atoms with Crippen LogP contribution >= 0.6 is 11.6 Å². The summed E-state index contributed by atoms with van der Waals surface area (Å²) in [7, 11) is 0. The minimum atomic E-state index is -1.06. The highest BCUT2D eigenvalue weighted by atomic mass is 35.5. The molecule has 7 nitrogen and oxygen atoms in total.